The molecule has 16 heavy (non-hydrogen) atoms. The minimum Gasteiger partial charge on any atom is -0.378 e. The monoisotopic (exact) mass is 226 g/mol. The van der Waals surface area contributed by atoms with Gasteiger partial charge in [0.25, 0.3) is 0 Å². The van der Waals surface area contributed by atoms with Crippen molar-refractivity contribution >= 4 is 5.91 Å². The van der Waals surface area contributed by atoms with Crippen LogP contribution in [-0.4, -0.2) is 31.7 Å². The summed E-state index contributed by atoms with van der Waals surface area (Å²) in [6.07, 6.45) is 4.29. The summed E-state index contributed by atoms with van der Waals surface area (Å²) in [7, 11) is 0. The summed E-state index contributed by atoms with van der Waals surface area (Å²) in [6.45, 7) is 1.93. The number of ether oxygens (including phenoxy) is 1. The second-order valence-corrected chi connectivity index (χ2v) is 3.85. The van der Waals surface area contributed by atoms with Gasteiger partial charge < -0.3 is 10.1 Å². The smallest absolute Gasteiger partial charge is 0.222 e. The molecule has 6 heteroatoms. The van der Waals surface area contributed by atoms with Gasteiger partial charge in [-0.05, 0) is 31.2 Å². The van der Waals surface area contributed by atoms with Crippen molar-refractivity contribution in [3.05, 3.63) is 10.4 Å². The maximum absolute atomic E-state index is 11.4. The number of hydrogen-bond donors (Lipinski definition) is 1. The van der Waals surface area contributed by atoms with E-state index in [0.717, 1.165) is 32.3 Å². The van der Waals surface area contributed by atoms with E-state index >= 15 is 0 Å². The van der Waals surface area contributed by atoms with Crippen molar-refractivity contribution in [2.75, 3.05) is 19.7 Å². The van der Waals surface area contributed by atoms with E-state index in [9.17, 15) is 4.79 Å². The highest BCUT2D eigenvalue weighted by Gasteiger charge is 2.18. The molecule has 0 radical (unpaired) electrons. The number of carbonyl (C=O) groups is 1. The third kappa shape index (κ3) is 5.58. The highest BCUT2D eigenvalue weighted by molar-refractivity contribution is 5.76. The van der Waals surface area contributed by atoms with Gasteiger partial charge >= 0.3 is 0 Å². The Morgan fingerprint density at radius 2 is 2.44 bits per heavy atom. The Hall–Kier alpha value is -1.26. The normalized spacial score (nSPS) is 19.1. The first-order chi connectivity index (χ1) is 7.83. The SMILES string of the molecule is [N-]=[N+]=NCCCCNC(=O)CC1CCCO1. The van der Waals surface area contributed by atoms with Crippen LogP contribution in [0.2, 0.25) is 0 Å². The second kappa shape index (κ2) is 7.96. The van der Waals surface area contributed by atoms with Crippen LogP contribution in [0.1, 0.15) is 32.1 Å². The van der Waals surface area contributed by atoms with Crippen LogP contribution < -0.4 is 5.32 Å². The van der Waals surface area contributed by atoms with Gasteiger partial charge in [0.2, 0.25) is 5.91 Å². The molecule has 90 valence electrons. The van der Waals surface area contributed by atoms with Crippen LogP contribution in [0.4, 0.5) is 0 Å². The fourth-order valence-corrected chi connectivity index (χ4v) is 1.66. The molecule has 1 atom stereocenters. The van der Waals surface area contributed by atoms with E-state index in [1.807, 2.05) is 0 Å². The first-order valence-corrected chi connectivity index (χ1v) is 5.72. The van der Waals surface area contributed by atoms with E-state index < -0.39 is 0 Å². The predicted octanol–water partition coefficient (Wildman–Crippen LogP) is 1.76. The van der Waals surface area contributed by atoms with Gasteiger partial charge in [-0.25, -0.2) is 0 Å². The third-order valence-electron chi connectivity index (χ3n) is 2.51. The van der Waals surface area contributed by atoms with Crippen LogP contribution in [0.5, 0.6) is 0 Å². The van der Waals surface area contributed by atoms with Gasteiger partial charge in [0, 0.05) is 24.6 Å². The quantitative estimate of drug-likeness (QED) is 0.310. The van der Waals surface area contributed by atoms with Crippen molar-refractivity contribution in [1.82, 2.24) is 5.32 Å². The second-order valence-electron chi connectivity index (χ2n) is 3.85. The summed E-state index contributed by atoms with van der Waals surface area (Å²) in [4.78, 5) is 14.1. The Bertz CT molecular complexity index is 258. The Morgan fingerprint density at radius 1 is 1.56 bits per heavy atom. The lowest BCUT2D eigenvalue weighted by Crippen LogP contribution is -2.28. The molecule has 0 aromatic carbocycles. The number of amides is 1. The zero-order chi connectivity index (χ0) is 11.6. The maximum atomic E-state index is 11.4. The van der Waals surface area contributed by atoms with Crippen LogP contribution in [0.15, 0.2) is 5.11 Å². The summed E-state index contributed by atoms with van der Waals surface area (Å²) in [6, 6.07) is 0. The van der Waals surface area contributed by atoms with Crippen LogP contribution in [0, 0.1) is 0 Å². The van der Waals surface area contributed by atoms with Crippen LogP contribution in [0.25, 0.3) is 10.4 Å². The topological polar surface area (TPSA) is 87.1 Å². The highest BCUT2D eigenvalue weighted by atomic mass is 16.5. The lowest BCUT2D eigenvalue weighted by atomic mass is 10.2. The van der Waals surface area contributed by atoms with Gasteiger partial charge in [-0.1, -0.05) is 5.11 Å². The van der Waals surface area contributed by atoms with Gasteiger partial charge in [-0.2, -0.15) is 0 Å². The molecule has 0 saturated carbocycles. The minimum absolute atomic E-state index is 0.0516. The molecule has 1 rings (SSSR count). The van der Waals surface area contributed by atoms with Crippen molar-refractivity contribution in [3.63, 3.8) is 0 Å². The Morgan fingerprint density at radius 3 is 3.12 bits per heavy atom. The third-order valence-corrected chi connectivity index (χ3v) is 2.51. The largest absolute Gasteiger partial charge is 0.378 e. The fraction of sp³-hybridized carbons (Fsp3) is 0.900. The molecule has 6 nitrogen and oxygen atoms in total. The van der Waals surface area contributed by atoms with Crippen LogP contribution >= 0.6 is 0 Å². The number of rotatable bonds is 7. The van der Waals surface area contributed by atoms with Gasteiger partial charge in [-0.15, -0.1) is 0 Å². The molecule has 0 bridgehead atoms. The van der Waals surface area contributed by atoms with Crippen molar-refractivity contribution in [3.8, 4) is 0 Å². The fourth-order valence-electron chi connectivity index (χ4n) is 1.66. The Kier molecular flexibility index (Phi) is 6.37. The van der Waals surface area contributed by atoms with Gasteiger partial charge in [0.05, 0.1) is 12.5 Å². The minimum atomic E-state index is 0.0516. The molecule has 1 amide bonds. The number of hydrogen-bond acceptors (Lipinski definition) is 3. The summed E-state index contributed by atoms with van der Waals surface area (Å²) >= 11 is 0. The summed E-state index contributed by atoms with van der Waals surface area (Å²) in [5.74, 6) is 0.0516. The van der Waals surface area contributed by atoms with Crippen molar-refractivity contribution in [1.29, 1.82) is 0 Å². The van der Waals surface area contributed by atoms with Crippen molar-refractivity contribution < 1.29 is 9.53 Å². The molecular weight excluding hydrogens is 208 g/mol. The first kappa shape index (κ1) is 12.8. The summed E-state index contributed by atoms with van der Waals surface area (Å²) in [5.41, 5.74) is 8.05. The van der Waals surface area contributed by atoms with Crippen molar-refractivity contribution in [2.24, 2.45) is 5.11 Å². The van der Waals surface area contributed by atoms with Gasteiger partial charge in [0.15, 0.2) is 0 Å². The molecular formula is C10H18N4O2. The maximum Gasteiger partial charge on any atom is 0.222 e. The summed E-state index contributed by atoms with van der Waals surface area (Å²) in [5, 5.41) is 6.25. The molecule has 0 spiro atoms. The molecule has 1 aliphatic heterocycles. The van der Waals surface area contributed by atoms with E-state index in [2.05, 4.69) is 15.3 Å². The molecule has 1 heterocycles. The predicted molar refractivity (Wildman–Crippen MR) is 59.8 cm³/mol. The molecule has 1 N–H and O–H groups in total. The highest BCUT2D eigenvalue weighted by Crippen LogP contribution is 2.14. The van der Waals surface area contributed by atoms with Gasteiger partial charge in [0.1, 0.15) is 0 Å². The number of unbranched alkanes of at least 4 members (excludes halogenated alkanes) is 1. The number of nitrogens with zero attached hydrogens (tertiary/aromatic N) is 3. The standard InChI is InChI=1S/C10H18N4O2/c11-14-13-6-2-1-5-12-10(15)8-9-4-3-7-16-9/h9H,1-8H2,(H,12,15). The molecule has 1 unspecified atom stereocenters. The van der Waals surface area contributed by atoms with Crippen molar-refractivity contribution in [2.45, 2.75) is 38.2 Å². The number of azide groups is 1. The average Bonchev–Trinajstić information content (AvgIpc) is 2.76. The lowest BCUT2D eigenvalue weighted by molar-refractivity contribution is -0.123. The first-order valence-electron chi connectivity index (χ1n) is 5.72. The van der Waals surface area contributed by atoms with E-state index in [1.54, 1.807) is 0 Å². The van der Waals surface area contributed by atoms with Crippen LogP contribution in [0.3, 0.4) is 0 Å². The zero-order valence-corrected chi connectivity index (χ0v) is 9.39. The Labute approximate surface area is 95.0 Å². The van der Waals surface area contributed by atoms with Gasteiger partial charge in [-0.3, -0.25) is 4.79 Å². The molecule has 1 fully saturated rings. The average molecular weight is 226 g/mol. The molecule has 0 aromatic heterocycles. The van der Waals surface area contributed by atoms with E-state index in [-0.39, 0.29) is 12.0 Å². The van der Waals surface area contributed by atoms with Crippen LogP contribution in [-0.2, 0) is 9.53 Å². The zero-order valence-electron chi connectivity index (χ0n) is 9.39. The summed E-state index contributed by atoms with van der Waals surface area (Å²) < 4.78 is 5.37. The lowest BCUT2D eigenvalue weighted by Gasteiger charge is -2.09. The van der Waals surface area contributed by atoms with E-state index in [1.165, 1.54) is 0 Å². The molecule has 0 aliphatic carbocycles. The molecule has 1 saturated heterocycles. The Balaban J connectivity index is 1.95. The van der Waals surface area contributed by atoms with E-state index in [4.69, 9.17) is 10.3 Å². The van der Waals surface area contributed by atoms with E-state index in [0.29, 0.717) is 19.5 Å². The molecule has 1 aliphatic rings. The molecule has 0 aromatic rings. The number of nitrogens with one attached hydrogen (secondary N) is 1. The number of carbonyl (C=O) groups excluding carboxylic acids is 1.